The summed E-state index contributed by atoms with van der Waals surface area (Å²) in [7, 11) is 1.79. The Hall–Kier alpha value is -2.89. The predicted octanol–water partition coefficient (Wildman–Crippen LogP) is 5.23. The van der Waals surface area contributed by atoms with Crippen molar-refractivity contribution in [2.75, 3.05) is 11.9 Å². The van der Waals surface area contributed by atoms with Crippen LogP contribution < -0.4 is 4.90 Å². The topological polar surface area (TPSA) is 51.0 Å². The lowest BCUT2D eigenvalue weighted by Gasteiger charge is -2.18. The van der Waals surface area contributed by atoms with E-state index in [1.165, 1.54) is 0 Å². The Balaban J connectivity index is 0.00000240. The highest BCUT2D eigenvalue weighted by Gasteiger charge is 2.16. The summed E-state index contributed by atoms with van der Waals surface area (Å²) in [5.41, 5.74) is 3.38. The summed E-state index contributed by atoms with van der Waals surface area (Å²) in [6.45, 7) is 0.488. The van der Waals surface area contributed by atoms with Crippen molar-refractivity contribution in [3.63, 3.8) is 0 Å². The summed E-state index contributed by atoms with van der Waals surface area (Å²) in [6.07, 6.45) is 2.08. The molecule has 148 valence electrons. The molecule has 29 heavy (non-hydrogen) atoms. The number of nitrogens with zero attached hydrogens (tertiary/aromatic N) is 4. The molecule has 4 aromatic rings. The van der Waals surface area contributed by atoms with E-state index in [1.807, 2.05) is 71.3 Å². The molecule has 0 atom stereocenters. The highest BCUT2D eigenvalue weighted by Crippen LogP contribution is 2.25. The molecule has 0 aliphatic rings. The van der Waals surface area contributed by atoms with E-state index in [0.717, 1.165) is 28.2 Å². The Morgan fingerprint density at radius 1 is 1.03 bits per heavy atom. The molecule has 0 unspecified atom stereocenters. The number of halogens is 2. The van der Waals surface area contributed by atoms with Gasteiger partial charge >= 0.3 is 0 Å². The number of carbonyl (C=O) groups is 1. The van der Waals surface area contributed by atoms with Crippen molar-refractivity contribution in [2.24, 2.45) is 0 Å². The van der Waals surface area contributed by atoms with Gasteiger partial charge in [0.15, 0.2) is 5.65 Å². The van der Waals surface area contributed by atoms with E-state index in [1.54, 1.807) is 18.1 Å². The predicted molar refractivity (Wildman–Crippen MR) is 120 cm³/mol. The summed E-state index contributed by atoms with van der Waals surface area (Å²) in [4.78, 5) is 23.6. The van der Waals surface area contributed by atoms with Crippen LogP contribution in [0.2, 0.25) is 5.02 Å². The lowest BCUT2D eigenvalue weighted by Crippen LogP contribution is -2.27. The van der Waals surface area contributed by atoms with Crippen LogP contribution in [0.25, 0.3) is 22.6 Å². The Morgan fingerprint density at radius 3 is 2.48 bits per heavy atom. The summed E-state index contributed by atoms with van der Waals surface area (Å²) in [6, 6.07) is 20.9. The standard InChI is InChI=1S/C22H19ClN4O.ClH/c1-26(18-6-3-2-4-7-18)20(28)13-15-27-21(16-9-11-17(23)12-10-16)25-19-8-5-14-24-22(19)27;/h2-12,14H,13,15H2,1H3;1H. The molecular weight excluding hydrogens is 407 g/mol. The van der Waals surface area contributed by atoms with Crippen molar-refractivity contribution < 1.29 is 4.79 Å². The van der Waals surface area contributed by atoms with Gasteiger partial charge in [0.1, 0.15) is 11.3 Å². The molecule has 0 saturated carbocycles. The van der Waals surface area contributed by atoms with Crippen molar-refractivity contribution in [3.05, 3.63) is 77.9 Å². The maximum absolute atomic E-state index is 12.7. The molecule has 1 amide bonds. The molecule has 0 saturated heterocycles. The number of aromatic nitrogens is 3. The number of fused-ring (bicyclic) bond motifs is 1. The van der Waals surface area contributed by atoms with Crippen molar-refractivity contribution in [2.45, 2.75) is 13.0 Å². The smallest absolute Gasteiger partial charge is 0.228 e. The maximum atomic E-state index is 12.7. The molecule has 0 bridgehead atoms. The van der Waals surface area contributed by atoms with Crippen LogP contribution in [0.4, 0.5) is 5.69 Å². The third-order valence-corrected chi connectivity index (χ3v) is 4.93. The van der Waals surface area contributed by atoms with Crippen LogP contribution in [-0.2, 0) is 11.3 Å². The molecule has 5 nitrogen and oxygen atoms in total. The van der Waals surface area contributed by atoms with Crippen LogP contribution in [0.1, 0.15) is 6.42 Å². The highest BCUT2D eigenvalue weighted by molar-refractivity contribution is 6.30. The van der Waals surface area contributed by atoms with E-state index in [9.17, 15) is 4.79 Å². The third-order valence-electron chi connectivity index (χ3n) is 4.67. The SMILES string of the molecule is CN(C(=O)CCn1c(-c2ccc(Cl)cc2)nc2cccnc21)c1ccccc1.Cl. The van der Waals surface area contributed by atoms with E-state index in [-0.39, 0.29) is 18.3 Å². The van der Waals surface area contributed by atoms with Gasteiger partial charge in [0, 0.05) is 42.5 Å². The number of hydrogen-bond acceptors (Lipinski definition) is 3. The van der Waals surface area contributed by atoms with Crippen molar-refractivity contribution in [3.8, 4) is 11.4 Å². The summed E-state index contributed by atoms with van der Waals surface area (Å²) >= 11 is 6.02. The van der Waals surface area contributed by atoms with Gasteiger partial charge in [-0.25, -0.2) is 9.97 Å². The second-order valence-corrected chi connectivity index (χ2v) is 6.91. The fourth-order valence-corrected chi connectivity index (χ4v) is 3.29. The first-order chi connectivity index (χ1) is 13.6. The fraction of sp³-hybridized carbons (Fsp3) is 0.136. The quantitative estimate of drug-likeness (QED) is 0.439. The van der Waals surface area contributed by atoms with Gasteiger partial charge in [0.25, 0.3) is 0 Å². The number of carbonyl (C=O) groups excluding carboxylic acids is 1. The Labute approximate surface area is 180 Å². The number of imidazole rings is 1. The molecule has 0 aliphatic carbocycles. The number of hydrogen-bond donors (Lipinski definition) is 0. The first-order valence-corrected chi connectivity index (χ1v) is 9.40. The van der Waals surface area contributed by atoms with Gasteiger partial charge in [0.05, 0.1) is 0 Å². The van der Waals surface area contributed by atoms with Crippen molar-refractivity contribution in [1.82, 2.24) is 14.5 Å². The number of aryl methyl sites for hydroxylation is 1. The molecule has 0 radical (unpaired) electrons. The first-order valence-electron chi connectivity index (χ1n) is 9.02. The average molecular weight is 427 g/mol. The number of amides is 1. The van der Waals surface area contributed by atoms with E-state index >= 15 is 0 Å². The number of para-hydroxylation sites is 1. The molecule has 2 aromatic heterocycles. The number of benzene rings is 2. The minimum Gasteiger partial charge on any atom is -0.315 e. The molecule has 2 aromatic carbocycles. The third kappa shape index (κ3) is 4.42. The second kappa shape index (κ2) is 9.07. The van der Waals surface area contributed by atoms with Crippen molar-refractivity contribution >= 4 is 46.8 Å². The Bertz CT molecular complexity index is 1110. The number of anilines is 1. The maximum Gasteiger partial charge on any atom is 0.228 e. The normalized spacial score (nSPS) is 10.6. The molecule has 2 heterocycles. The second-order valence-electron chi connectivity index (χ2n) is 6.48. The van der Waals surface area contributed by atoms with Gasteiger partial charge in [-0.1, -0.05) is 29.8 Å². The number of pyridine rings is 1. The first kappa shape index (κ1) is 20.8. The van der Waals surface area contributed by atoms with Gasteiger partial charge in [0.2, 0.25) is 5.91 Å². The highest BCUT2D eigenvalue weighted by atomic mass is 35.5. The zero-order valence-electron chi connectivity index (χ0n) is 15.8. The van der Waals surface area contributed by atoms with Crippen LogP contribution in [0.3, 0.4) is 0 Å². The average Bonchev–Trinajstić information content (AvgIpc) is 3.11. The van der Waals surface area contributed by atoms with Gasteiger partial charge in [-0.15, -0.1) is 12.4 Å². The fourth-order valence-electron chi connectivity index (χ4n) is 3.16. The van der Waals surface area contributed by atoms with Crippen LogP contribution in [0.15, 0.2) is 72.9 Å². The number of rotatable bonds is 5. The van der Waals surface area contributed by atoms with Gasteiger partial charge in [-0.3, -0.25) is 4.79 Å². The lowest BCUT2D eigenvalue weighted by atomic mass is 10.2. The molecular formula is C22H20Cl2N4O. The monoisotopic (exact) mass is 426 g/mol. The molecule has 0 spiro atoms. The Kier molecular flexibility index (Phi) is 6.52. The summed E-state index contributed by atoms with van der Waals surface area (Å²) < 4.78 is 2.00. The minimum absolute atomic E-state index is 0. The van der Waals surface area contributed by atoms with Gasteiger partial charge in [-0.2, -0.15) is 0 Å². The van der Waals surface area contributed by atoms with Crippen LogP contribution in [0.5, 0.6) is 0 Å². The minimum atomic E-state index is 0. The molecule has 0 fully saturated rings. The van der Waals surface area contributed by atoms with E-state index in [0.29, 0.717) is 18.0 Å². The van der Waals surface area contributed by atoms with Crippen LogP contribution in [-0.4, -0.2) is 27.5 Å². The summed E-state index contributed by atoms with van der Waals surface area (Å²) in [5, 5.41) is 0.671. The van der Waals surface area contributed by atoms with Crippen molar-refractivity contribution in [1.29, 1.82) is 0 Å². The van der Waals surface area contributed by atoms with Gasteiger partial charge in [-0.05, 0) is 48.5 Å². The zero-order valence-corrected chi connectivity index (χ0v) is 17.4. The molecule has 4 rings (SSSR count). The molecule has 0 aliphatic heterocycles. The van der Waals surface area contributed by atoms with E-state index < -0.39 is 0 Å². The van der Waals surface area contributed by atoms with Crippen LogP contribution in [0, 0.1) is 0 Å². The molecule has 7 heteroatoms. The van der Waals surface area contributed by atoms with Crippen LogP contribution >= 0.6 is 24.0 Å². The van der Waals surface area contributed by atoms with E-state index in [2.05, 4.69) is 4.98 Å². The summed E-state index contributed by atoms with van der Waals surface area (Å²) in [5.74, 6) is 0.812. The van der Waals surface area contributed by atoms with Gasteiger partial charge < -0.3 is 9.47 Å². The molecule has 0 N–H and O–H groups in total. The zero-order chi connectivity index (χ0) is 19.5. The Morgan fingerprint density at radius 2 is 1.76 bits per heavy atom. The van der Waals surface area contributed by atoms with E-state index in [4.69, 9.17) is 16.6 Å². The lowest BCUT2D eigenvalue weighted by molar-refractivity contribution is -0.118. The largest absolute Gasteiger partial charge is 0.315 e.